The minimum atomic E-state index is -1.69. The molecule has 2 amide bonds. The number of nitrogens with one attached hydrogen (secondary N) is 2. The van der Waals surface area contributed by atoms with Crippen molar-refractivity contribution in [2.45, 2.75) is 6.92 Å². The number of amides is 2. The van der Waals surface area contributed by atoms with Gasteiger partial charge in [0.1, 0.15) is 5.75 Å². The van der Waals surface area contributed by atoms with Gasteiger partial charge in [-0.05, 0) is 31.2 Å². The summed E-state index contributed by atoms with van der Waals surface area (Å²) >= 11 is 0. The fourth-order valence-corrected chi connectivity index (χ4v) is 1.83. The summed E-state index contributed by atoms with van der Waals surface area (Å²) in [6, 6.07) is 8.59. The van der Waals surface area contributed by atoms with Crippen LogP contribution in [0.5, 0.6) is 5.75 Å². The summed E-state index contributed by atoms with van der Waals surface area (Å²) in [5, 5.41) is 4.30. The van der Waals surface area contributed by atoms with Gasteiger partial charge in [0.05, 0.1) is 12.2 Å². The van der Waals surface area contributed by atoms with Crippen molar-refractivity contribution < 1.29 is 27.5 Å². The Labute approximate surface area is 141 Å². The summed E-state index contributed by atoms with van der Waals surface area (Å²) in [7, 11) is 0. The van der Waals surface area contributed by atoms with E-state index in [9.17, 15) is 22.8 Å². The number of ether oxygens (including phenoxy) is 1. The van der Waals surface area contributed by atoms with Crippen LogP contribution in [0.2, 0.25) is 0 Å². The van der Waals surface area contributed by atoms with Crippen LogP contribution in [0.15, 0.2) is 36.4 Å². The zero-order valence-corrected chi connectivity index (χ0v) is 13.2. The Hall–Kier alpha value is -3.03. The average Bonchev–Trinajstić information content (AvgIpc) is 2.60. The summed E-state index contributed by atoms with van der Waals surface area (Å²) in [6.45, 7) is 1.12. The van der Waals surface area contributed by atoms with Gasteiger partial charge >= 0.3 is 0 Å². The van der Waals surface area contributed by atoms with Gasteiger partial charge in [-0.1, -0.05) is 17.7 Å². The summed E-state index contributed by atoms with van der Waals surface area (Å²) in [6.07, 6.45) is 0. The van der Waals surface area contributed by atoms with Crippen molar-refractivity contribution in [3.63, 3.8) is 0 Å². The Balaban J connectivity index is 1.78. The van der Waals surface area contributed by atoms with Gasteiger partial charge in [0.25, 0.3) is 5.91 Å². The fraction of sp³-hybridized carbons (Fsp3) is 0.176. The number of rotatable bonds is 6. The first-order chi connectivity index (χ1) is 11.9. The van der Waals surface area contributed by atoms with Crippen LogP contribution < -0.4 is 15.4 Å². The van der Waals surface area contributed by atoms with Crippen LogP contribution in [-0.4, -0.2) is 25.0 Å². The van der Waals surface area contributed by atoms with Crippen molar-refractivity contribution in [3.05, 3.63) is 59.4 Å². The van der Waals surface area contributed by atoms with Crippen molar-refractivity contribution >= 4 is 17.5 Å². The molecule has 5 nitrogen and oxygen atoms in total. The van der Waals surface area contributed by atoms with E-state index in [1.807, 2.05) is 24.4 Å². The number of halogens is 3. The quantitative estimate of drug-likeness (QED) is 0.785. The smallest absolute Gasteiger partial charge is 0.258 e. The molecule has 0 aliphatic rings. The SMILES string of the molecule is Cc1ccc(OCC(=O)NCC(=O)Nc2ccc(F)c(F)c2F)cc1. The monoisotopic (exact) mass is 352 g/mol. The first kappa shape index (κ1) is 18.3. The molecule has 2 N–H and O–H groups in total. The second-order valence-electron chi connectivity index (χ2n) is 5.15. The fourth-order valence-electron chi connectivity index (χ4n) is 1.83. The van der Waals surface area contributed by atoms with Crippen molar-refractivity contribution in [2.24, 2.45) is 0 Å². The van der Waals surface area contributed by atoms with Gasteiger partial charge in [0.2, 0.25) is 5.91 Å². The molecular formula is C17H15F3N2O3. The van der Waals surface area contributed by atoms with E-state index in [-0.39, 0.29) is 6.61 Å². The van der Waals surface area contributed by atoms with Gasteiger partial charge in [0, 0.05) is 0 Å². The summed E-state index contributed by atoms with van der Waals surface area (Å²) in [5.74, 6) is -5.43. The van der Waals surface area contributed by atoms with E-state index in [1.54, 1.807) is 12.1 Å². The molecule has 25 heavy (non-hydrogen) atoms. The van der Waals surface area contributed by atoms with E-state index in [2.05, 4.69) is 5.32 Å². The molecule has 0 aromatic heterocycles. The molecule has 0 unspecified atom stereocenters. The Morgan fingerprint density at radius 2 is 1.64 bits per heavy atom. The van der Waals surface area contributed by atoms with E-state index in [0.717, 1.165) is 11.6 Å². The number of carbonyl (C=O) groups is 2. The molecule has 8 heteroatoms. The van der Waals surface area contributed by atoms with Gasteiger partial charge in [0.15, 0.2) is 24.1 Å². The van der Waals surface area contributed by atoms with Gasteiger partial charge in [-0.15, -0.1) is 0 Å². The predicted molar refractivity (Wildman–Crippen MR) is 84.6 cm³/mol. The van der Waals surface area contributed by atoms with Crippen LogP contribution >= 0.6 is 0 Å². The van der Waals surface area contributed by atoms with Crippen LogP contribution in [-0.2, 0) is 9.59 Å². The van der Waals surface area contributed by atoms with Crippen LogP contribution in [0.4, 0.5) is 18.9 Å². The second-order valence-corrected chi connectivity index (χ2v) is 5.15. The lowest BCUT2D eigenvalue weighted by Gasteiger charge is -2.09. The molecule has 0 heterocycles. The molecule has 0 saturated carbocycles. The molecule has 0 spiro atoms. The maximum atomic E-state index is 13.4. The molecule has 0 atom stereocenters. The third-order valence-corrected chi connectivity index (χ3v) is 3.15. The summed E-state index contributed by atoms with van der Waals surface area (Å²) in [5.41, 5.74) is 0.520. The number of hydrogen-bond donors (Lipinski definition) is 2. The van der Waals surface area contributed by atoms with Crippen molar-refractivity contribution in [2.75, 3.05) is 18.5 Å². The third-order valence-electron chi connectivity index (χ3n) is 3.15. The highest BCUT2D eigenvalue weighted by Gasteiger charge is 2.15. The van der Waals surface area contributed by atoms with E-state index < -0.39 is 41.5 Å². The molecule has 0 radical (unpaired) electrons. The minimum Gasteiger partial charge on any atom is -0.484 e. The van der Waals surface area contributed by atoms with Crippen LogP contribution in [0.25, 0.3) is 0 Å². The number of aryl methyl sites for hydroxylation is 1. The third kappa shape index (κ3) is 5.23. The Bertz CT molecular complexity index is 779. The Morgan fingerprint density at radius 3 is 2.32 bits per heavy atom. The number of carbonyl (C=O) groups excluding carboxylic acids is 2. The summed E-state index contributed by atoms with van der Waals surface area (Å²) < 4.78 is 44.5. The van der Waals surface area contributed by atoms with Crippen LogP contribution in [0.1, 0.15) is 5.56 Å². The standard InChI is InChI=1S/C17H15F3N2O3/c1-10-2-4-11(5-3-10)25-9-15(24)21-8-14(23)22-13-7-6-12(18)16(19)17(13)20/h2-7H,8-9H2,1H3,(H,21,24)(H,22,23). The first-order valence-electron chi connectivity index (χ1n) is 7.26. The largest absolute Gasteiger partial charge is 0.484 e. The molecule has 0 aliphatic heterocycles. The molecule has 2 rings (SSSR count). The van der Waals surface area contributed by atoms with E-state index in [0.29, 0.717) is 11.8 Å². The summed E-state index contributed by atoms with van der Waals surface area (Å²) in [4.78, 5) is 23.2. The zero-order valence-electron chi connectivity index (χ0n) is 13.2. The number of anilines is 1. The van der Waals surface area contributed by atoms with E-state index in [1.165, 1.54) is 0 Å². The topological polar surface area (TPSA) is 67.4 Å². The van der Waals surface area contributed by atoms with E-state index in [4.69, 9.17) is 4.74 Å². The number of benzene rings is 2. The molecule has 132 valence electrons. The van der Waals surface area contributed by atoms with Crippen molar-refractivity contribution in [1.82, 2.24) is 5.32 Å². The van der Waals surface area contributed by atoms with Gasteiger partial charge < -0.3 is 15.4 Å². The predicted octanol–water partition coefficient (Wildman–Crippen LogP) is 2.55. The zero-order chi connectivity index (χ0) is 18.4. The second kappa shape index (κ2) is 8.18. The van der Waals surface area contributed by atoms with Crippen LogP contribution in [0.3, 0.4) is 0 Å². The maximum absolute atomic E-state index is 13.4. The van der Waals surface area contributed by atoms with Crippen LogP contribution in [0, 0.1) is 24.4 Å². The lowest BCUT2D eigenvalue weighted by Crippen LogP contribution is -2.36. The Kier molecular flexibility index (Phi) is 5.99. The highest BCUT2D eigenvalue weighted by molar-refractivity contribution is 5.94. The van der Waals surface area contributed by atoms with Gasteiger partial charge in [-0.2, -0.15) is 0 Å². The molecule has 0 aliphatic carbocycles. The molecule has 0 fully saturated rings. The minimum absolute atomic E-state index is 0.310. The lowest BCUT2D eigenvalue weighted by atomic mass is 10.2. The lowest BCUT2D eigenvalue weighted by molar-refractivity contribution is -0.125. The highest BCUT2D eigenvalue weighted by atomic mass is 19.2. The molecule has 2 aromatic rings. The average molecular weight is 352 g/mol. The molecule has 0 bridgehead atoms. The highest BCUT2D eigenvalue weighted by Crippen LogP contribution is 2.19. The van der Waals surface area contributed by atoms with E-state index >= 15 is 0 Å². The van der Waals surface area contributed by atoms with Gasteiger partial charge in [-0.25, -0.2) is 13.2 Å². The van der Waals surface area contributed by atoms with Gasteiger partial charge in [-0.3, -0.25) is 9.59 Å². The number of hydrogen-bond acceptors (Lipinski definition) is 3. The Morgan fingerprint density at radius 1 is 0.960 bits per heavy atom. The molecule has 0 saturated heterocycles. The normalized spacial score (nSPS) is 10.2. The maximum Gasteiger partial charge on any atom is 0.258 e. The van der Waals surface area contributed by atoms with Crippen molar-refractivity contribution in [3.8, 4) is 5.75 Å². The first-order valence-corrected chi connectivity index (χ1v) is 7.26. The van der Waals surface area contributed by atoms with Crippen molar-refractivity contribution in [1.29, 1.82) is 0 Å². The molecular weight excluding hydrogens is 337 g/mol. The molecule has 2 aromatic carbocycles.